The van der Waals surface area contributed by atoms with Crippen molar-refractivity contribution in [1.29, 1.82) is 0 Å². The van der Waals surface area contributed by atoms with Crippen LogP contribution in [-0.2, 0) is 0 Å². The van der Waals surface area contributed by atoms with Gasteiger partial charge >= 0.3 is 0 Å². The topological polar surface area (TPSA) is 20.2 Å². The van der Waals surface area contributed by atoms with E-state index in [1.807, 2.05) is 12.1 Å². The number of aryl methyl sites for hydroxylation is 1. The van der Waals surface area contributed by atoms with Gasteiger partial charge in [0.2, 0.25) is 0 Å². The Hall–Kier alpha value is -0.820. The zero-order valence-corrected chi connectivity index (χ0v) is 8.96. The maximum atomic E-state index is 10.2. The summed E-state index contributed by atoms with van der Waals surface area (Å²) >= 11 is 0. The largest absolute Gasteiger partial charge is 0.388 e. The molecule has 0 radical (unpaired) electrons. The molecule has 0 spiro atoms. The molecule has 0 amide bonds. The van der Waals surface area contributed by atoms with Crippen LogP contribution in [0.1, 0.15) is 43.4 Å². The first-order chi connectivity index (χ1) is 6.68. The van der Waals surface area contributed by atoms with Gasteiger partial charge in [-0.2, -0.15) is 0 Å². The summed E-state index contributed by atoms with van der Waals surface area (Å²) in [4.78, 5) is 0. The minimum absolute atomic E-state index is 0.202. The molecule has 1 N–H and O–H groups in total. The number of hydrogen-bond donors (Lipinski definition) is 1. The third-order valence-electron chi connectivity index (χ3n) is 3.53. The summed E-state index contributed by atoms with van der Waals surface area (Å²) in [5.41, 5.74) is 2.52. The van der Waals surface area contributed by atoms with Gasteiger partial charge in [-0.05, 0) is 31.7 Å². The van der Waals surface area contributed by atoms with Crippen LogP contribution < -0.4 is 0 Å². The molecule has 0 saturated heterocycles. The van der Waals surface area contributed by atoms with Crippen LogP contribution in [0.25, 0.3) is 0 Å². The Balaban J connectivity index is 2.23. The van der Waals surface area contributed by atoms with E-state index in [9.17, 15) is 5.11 Å². The Morgan fingerprint density at radius 2 is 2.14 bits per heavy atom. The second-order valence-electron chi connectivity index (χ2n) is 4.53. The molecule has 1 heteroatoms. The van der Waals surface area contributed by atoms with Crippen molar-refractivity contribution in [2.75, 3.05) is 0 Å². The van der Waals surface area contributed by atoms with Crippen LogP contribution in [0.3, 0.4) is 0 Å². The minimum Gasteiger partial charge on any atom is -0.388 e. The molecule has 14 heavy (non-hydrogen) atoms. The summed E-state index contributed by atoms with van der Waals surface area (Å²) in [5, 5.41) is 10.2. The minimum atomic E-state index is -0.257. The molecule has 0 heterocycles. The summed E-state index contributed by atoms with van der Waals surface area (Å²) < 4.78 is 0. The Kier molecular flexibility index (Phi) is 2.36. The average molecular weight is 190 g/mol. The van der Waals surface area contributed by atoms with E-state index in [-0.39, 0.29) is 11.5 Å². The zero-order chi connectivity index (χ0) is 10.2. The van der Waals surface area contributed by atoms with Gasteiger partial charge in [-0.3, -0.25) is 0 Å². The normalized spacial score (nSPS) is 20.5. The quantitative estimate of drug-likeness (QED) is 0.776. The molecule has 0 aliphatic heterocycles. The van der Waals surface area contributed by atoms with Crippen molar-refractivity contribution >= 4 is 0 Å². The second-order valence-corrected chi connectivity index (χ2v) is 4.53. The number of aliphatic hydroxyl groups is 1. The fraction of sp³-hybridized carbons (Fsp3) is 0.538. The lowest BCUT2D eigenvalue weighted by molar-refractivity contribution is 0.0901. The van der Waals surface area contributed by atoms with Crippen LogP contribution in [0.4, 0.5) is 0 Å². The Labute approximate surface area is 85.8 Å². The smallest absolute Gasteiger partial charge is 0.0846 e. The van der Waals surface area contributed by atoms with Crippen molar-refractivity contribution < 1.29 is 5.11 Å². The van der Waals surface area contributed by atoms with E-state index in [1.54, 1.807) is 0 Å². The number of benzene rings is 1. The number of hydrogen-bond acceptors (Lipinski definition) is 1. The van der Waals surface area contributed by atoms with Crippen molar-refractivity contribution in [2.24, 2.45) is 5.41 Å². The molecule has 0 bridgehead atoms. The fourth-order valence-corrected chi connectivity index (χ4v) is 2.17. The molecule has 0 aromatic heterocycles. The van der Waals surface area contributed by atoms with Crippen LogP contribution in [0.5, 0.6) is 0 Å². The second kappa shape index (κ2) is 3.39. The van der Waals surface area contributed by atoms with E-state index >= 15 is 0 Å². The molecule has 76 valence electrons. The van der Waals surface area contributed by atoms with Crippen molar-refractivity contribution in [3.05, 3.63) is 35.4 Å². The van der Waals surface area contributed by atoms with Crippen molar-refractivity contribution in [1.82, 2.24) is 0 Å². The molecule has 1 aliphatic rings. The first kappa shape index (κ1) is 9.72. The Morgan fingerprint density at radius 1 is 1.43 bits per heavy atom. The van der Waals surface area contributed by atoms with Gasteiger partial charge in [0.1, 0.15) is 0 Å². The summed E-state index contributed by atoms with van der Waals surface area (Å²) in [6.07, 6.45) is 3.19. The lowest BCUT2D eigenvalue weighted by atomic mass is 9.90. The molecule has 1 aromatic rings. The molecule has 1 saturated carbocycles. The van der Waals surface area contributed by atoms with Crippen LogP contribution in [0, 0.1) is 12.3 Å². The van der Waals surface area contributed by atoms with Gasteiger partial charge in [-0.1, -0.05) is 36.8 Å². The molecule has 1 aromatic carbocycles. The molecular formula is C13H18O. The number of aliphatic hydroxyl groups excluding tert-OH is 1. The Bertz CT molecular complexity index is 326. The van der Waals surface area contributed by atoms with Crippen LogP contribution >= 0.6 is 0 Å². The number of rotatable bonds is 3. The molecule has 2 rings (SSSR count). The highest BCUT2D eigenvalue weighted by Crippen LogP contribution is 2.57. The summed E-state index contributed by atoms with van der Waals surface area (Å²) in [7, 11) is 0. The third-order valence-corrected chi connectivity index (χ3v) is 3.53. The van der Waals surface area contributed by atoms with Crippen molar-refractivity contribution in [3.63, 3.8) is 0 Å². The molecule has 1 aliphatic carbocycles. The predicted octanol–water partition coefficient (Wildman–Crippen LogP) is 3.22. The highest BCUT2D eigenvalue weighted by atomic mass is 16.3. The average Bonchev–Trinajstić information content (AvgIpc) is 2.97. The van der Waals surface area contributed by atoms with Crippen LogP contribution in [0.15, 0.2) is 24.3 Å². The van der Waals surface area contributed by atoms with Gasteiger partial charge in [-0.25, -0.2) is 0 Å². The molecule has 1 nitrogen and oxygen atoms in total. The van der Waals surface area contributed by atoms with Gasteiger partial charge in [0.25, 0.3) is 0 Å². The molecule has 1 unspecified atom stereocenters. The maximum Gasteiger partial charge on any atom is 0.0846 e. The van der Waals surface area contributed by atoms with Crippen molar-refractivity contribution in [3.8, 4) is 0 Å². The van der Waals surface area contributed by atoms with E-state index in [1.165, 1.54) is 18.4 Å². The third kappa shape index (κ3) is 1.57. The van der Waals surface area contributed by atoms with E-state index in [4.69, 9.17) is 0 Å². The first-order valence-electron chi connectivity index (χ1n) is 5.42. The molecule has 1 atom stereocenters. The molecule has 1 fully saturated rings. The Morgan fingerprint density at radius 3 is 2.64 bits per heavy atom. The molecular weight excluding hydrogens is 172 g/mol. The van der Waals surface area contributed by atoms with Gasteiger partial charge in [-0.15, -0.1) is 0 Å². The highest BCUT2D eigenvalue weighted by molar-refractivity contribution is 5.26. The lowest BCUT2D eigenvalue weighted by Gasteiger charge is -2.21. The lowest BCUT2D eigenvalue weighted by Crippen LogP contribution is -2.12. The van der Waals surface area contributed by atoms with Crippen LogP contribution in [0.2, 0.25) is 0 Å². The van der Waals surface area contributed by atoms with E-state index in [2.05, 4.69) is 26.0 Å². The van der Waals surface area contributed by atoms with Gasteiger partial charge < -0.3 is 5.11 Å². The summed E-state index contributed by atoms with van der Waals surface area (Å²) in [6, 6.07) is 8.23. The zero-order valence-electron chi connectivity index (χ0n) is 8.96. The van der Waals surface area contributed by atoms with Gasteiger partial charge in [0.15, 0.2) is 0 Å². The summed E-state index contributed by atoms with van der Waals surface area (Å²) in [5.74, 6) is 0. The SMILES string of the molecule is CCC1(C(O)c2cccc(C)c2)CC1. The van der Waals surface area contributed by atoms with Crippen molar-refractivity contribution in [2.45, 2.75) is 39.2 Å². The standard InChI is InChI=1S/C13H18O/c1-3-13(7-8-13)12(14)11-6-4-5-10(2)9-11/h4-6,9,12,14H,3,7-8H2,1-2H3. The van der Waals surface area contributed by atoms with E-state index in [0.717, 1.165) is 12.0 Å². The highest BCUT2D eigenvalue weighted by Gasteiger charge is 2.47. The fourth-order valence-electron chi connectivity index (χ4n) is 2.17. The van der Waals surface area contributed by atoms with E-state index in [0.29, 0.717) is 0 Å². The van der Waals surface area contributed by atoms with Gasteiger partial charge in [0.05, 0.1) is 6.10 Å². The summed E-state index contributed by atoms with van der Waals surface area (Å²) in [6.45, 7) is 4.24. The maximum absolute atomic E-state index is 10.2. The van der Waals surface area contributed by atoms with E-state index < -0.39 is 0 Å². The van der Waals surface area contributed by atoms with Gasteiger partial charge in [0, 0.05) is 5.41 Å². The van der Waals surface area contributed by atoms with Crippen LogP contribution in [-0.4, -0.2) is 5.11 Å². The monoisotopic (exact) mass is 190 g/mol. The predicted molar refractivity (Wildman–Crippen MR) is 58.1 cm³/mol. The first-order valence-corrected chi connectivity index (χ1v) is 5.42.